The third kappa shape index (κ3) is 7.02. The van der Waals surface area contributed by atoms with E-state index in [-0.39, 0.29) is 17.4 Å². The smallest absolute Gasteiger partial charge is 0.323 e. The van der Waals surface area contributed by atoms with E-state index >= 15 is 0 Å². The van der Waals surface area contributed by atoms with Gasteiger partial charge in [0, 0.05) is 59.2 Å². The molecular formula is C37H41N5O5. The van der Waals surface area contributed by atoms with E-state index in [0.29, 0.717) is 40.7 Å². The number of fused-ring (bicyclic) bond motifs is 2. The Hall–Kier alpha value is -5.09. The topological polar surface area (TPSA) is 116 Å². The Morgan fingerprint density at radius 3 is 2.38 bits per heavy atom. The van der Waals surface area contributed by atoms with Crippen molar-refractivity contribution in [1.29, 1.82) is 0 Å². The Kier molecular flexibility index (Phi) is 9.31. The minimum atomic E-state index is -0.473. The van der Waals surface area contributed by atoms with Crippen LogP contribution in [0.2, 0.25) is 0 Å². The number of H-pyrrole nitrogens is 1. The van der Waals surface area contributed by atoms with E-state index in [9.17, 15) is 14.4 Å². The molecule has 2 aliphatic rings. The van der Waals surface area contributed by atoms with E-state index in [2.05, 4.69) is 15.6 Å². The van der Waals surface area contributed by atoms with Gasteiger partial charge >= 0.3 is 6.03 Å². The maximum atomic E-state index is 13.6. The lowest BCUT2D eigenvalue weighted by molar-refractivity contribution is 0.0786. The summed E-state index contributed by atoms with van der Waals surface area (Å²) in [5.41, 5.74) is 4.97. The number of nitrogens with one attached hydrogen (secondary N) is 3. The zero-order chi connectivity index (χ0) is 33.1. The quantitative estimate of drug-likeness (QED) is 0.169. The Morgan fingerprint density at radius 2 is 1.66 bits per heavy atom. The van der Waals surface area contributed by atoms with E-state index in [1.807, 2.05) is 43.3 Å². The molecule has 47 heavy (non-hydrogen) atoms. The summed E-state index contributed by atoms with van der Waals surface area (Å²) in [6.45, 7) is 1.38. The molecule has 4 aromatic rings. The lowest BCUT2D eigenvalue weighted by atomic mass is 9.85. The number of urea groups is 1. The highest BCUT2D eigenvalue weighted by Gasteiger charge is 2.30. The molecular weight excluding hydrogens is 594 g/mol. The average molecular weight is 636 g/mol. The van der Waals surface area contributed by atoms with Crippen molar-refractivity contribution in [3.63, 3.8) is 0 Å². The third-order valence-electron chi connectivity index (χ3n) is 8.91. The normalized spacial score (nSPS) is 15.5. The molecule has 3 aromatic carbocycles. The maximum absolute atomic E-state index is 13.6. The van der Waals surface area contributed by atoms with Crippen LogP contribution < -0.4 is 20.1 Å². The first-order chi connectivity index (χ1) is 22.7. The number of benzene rings is 3. The summed E-state index contributed by atoms with van der Waals surface area (Å²) in [4.78, 5) is 46.5. The number of Topliss-reactive ketones (excluding diaryl/α,β-unsaturated/α-hetero) is 1. The molecule has 0 radical (unpaired) electrons. The van der Waals surface area contributed by atoms with E-state index in [4.69, 9.17) is 9.47 Å². The SMILES string of the molecule is COc1ccc2[nH]c(C3CCCCC3)c(C=C3Oc4ccc(NC(=O)Nc5ccc(C(=O)N(C)CCN(C)C)cc5)cc4C3=O)c2c1. The molecule has 0 atom stereocenters. The second-order valence-electron chi connectivity index (χ2n) is 12.5. The minimum Gasteiger partial charge on any atom is -0.497 e. The predicted molar refractivity (Wildman–Crippen MR) is 185 cm³/mol. The van der Waals surface area contributed by atoms with Gasteiger partial charge in [0.15, 0.2) is 5.76 Å². The van der Waals surface area contributed by atoms with Gasteiger partial charge in [0.2, 0.25) is 5.78 Å². The van der Waals surface area contributed by atoms with Crippen LogP contribution in [0.4, 0.5) is 16.2 Å². The summed E-state index contributed by atoms with van der Waals surface area (Å²) in [5, 5.41) is 6.56. The predicted octanol–water partition coefficient (Wildman–Crippen LogP) is 7.12. The van der Waals surface area contributed by atoms with Crippen molar-refractivity contribution in [1.82, 2.24) is 14.8 Å². The number of ketones is 1. The molecule has 1 aliphatic carbocycles. The number of ether oxygens (including phenoxy) is 2. The molecule has 10 nitrogen and oxygen atoms in total. The van der Waals surface area contributed by atoms with Crippen LogP contribution in [0.15, 0.2) is 66.4 Å². The zero-order valence-electron chi connectivity index (χ0n) is 27.3. The van der Waals surface area contributed by atoms with Crippen LogP contribution in [-0.2, 0) is 0 Å². The maximum Gasteiger partial charge on any atom is 0.323 e. The van der Waals surface area contributed by atoms with Crippen molar-refractivity contribution in [3.8, 4) is 11.5 Å². The van der Waals surface area contributed by atoms with Gasteiger partial charge in [0.25, 0.3) is 5.91 Å². The largest absolute Gasteiger partial charge is 0.497 e. The molecule has 0 bridgehead atoms. The zero-order valence-corrected chi connectivity index (χ0v) is 27.3. The highest BCUT2D eigenvalue weighted by molar-refractivity contribution is 6.16. The number of hydrogen-bond donors (Lipinski definition) is 3. The highest BCUT2D eigenvalue weighted by Crippen LogP contribution is 2.40. The van der Waals surface area contributed by atoms with Crippen molar-refractivity contribution in [3.05, 3.63) is 88.8 Å². The van der Waals surface area contributed by atoms with Crippen LogP contribution in [0.1, 0.15) is 70.0 Å². The number of carbonyl (C=O) groups excluding carboxylic acids is 3. The fraction of sp³-hybridized carbons (Fsp3) is 0.324. The van der Waals surface area contributed by atoms with Crippen LogP contribution in [0.25, 0.3) is 17.0 Å². The van der Waals surface area contributed by atoms with Crippen LogP contribution in [0, 0.1) is 0 Å². The molecule has 0 saturated heterocycles. The molecule has 3 amide bonds. The summed E-state index contributed by atoms with van der Waals surface area (Å²) in [7, 11) is 7.34. The number of anilines is 2. The van der Waals surface area contributed by atoms with Crippen LogP contribution in [0.3, 0.4) is 0 Å². The average Bonchev–Trinajstić information content (AvgIpc) is 3.60. The van der Waals surface area contributed by atoms with Crippen molar-refractivity contribution in [2.45, 2.75) is 38.0 Å². The minimum absolute atomic E-state index is 0.0871. The Balaban J connectivity index is 1.16. The summed E-state index contributed by atoms with van der Waals surface area (Å²) in [5.74, 6) is 1.48. The molecule has 10 heteroatoms. The first-order valence-corrected chi connectivity index (χ1v) is 16.1. The molecule has 0 spiro atoms. The lowest BCUT2D eigenvalue weighted by Gasteiger charge is -2.21. The number of hydrogen-bond acceptors (Lipinski definition) is 6. The molecule has 3 N–H and O–H groups in total. The number of methoxy groups -OCH3 is 1. The molecule has 1 aromatic heterocycles. The summed E-state index contributed by atoms with van der Waals surface area (Å²) < 4.78 is 11.6. The summed E-state index contributed by atoms with van der Waals surface area (Å²) in [6, 6.07) is 17.2. The van der Waals surface area contributed by atoms with E-state index in [1.165, 1.54) is 19.3 Å². The second-order valence-corrected chi connectivity index (χ2v) is 12.5. The number of aromatic amines is 1. The first kappa shape index (κ1) is 31.9. The van der Waals surface area contributed by atoms with Crippen molar-refractivity contribution >= 4 is 46.1 Å². The van der Waals surface area contributed by atoms with Crippen molar-refractivity contribution in [2.24, 2.45) is 0 Å². The lowest BCUT2D eigenvalue weighted by Crippen LogP contribution is -2.33. The number of allylic oxidation sites excluding steroid dienone is 1. The molecule has 1 fully saturated rings. The Morgan fingerprint density at radius 1 is 0.936 bits per heavy atom. The molecule has 0 unspecified atom stereocenters. The number of nitrogens with zero attached hydrogens (tertiary/aromatic N) is 2. The number of amides is 3. The van der Waals surface area contributed by atoms with E-state index in [0.717, 1.165) is 47.3 Å². The van der Waals surface area contributed by atoms with Gasteiger partial charge in [0.1, 0.15) is 11.5 Å². The van der Waals surface area contributed by atoms with Gasteiger partial charge in [-0.25, -0.2) is 4.79 Å². The molecule has 6 rings (SSSR count). The Bertz CT molecular complexity index is 1840. The van der Waals surface area contributed by atoms with Gasteiger partial charge in [-0.15, -0.1) is 0 Å². The van der Waals surface area contributed by atoms with Gasteiger partial charge < -0.3 is 34.9 Å². The molecule has 2 heterocycles. The number of likely N-dealkylation sites (N-methyl/N-ethyl adjacent to an activating group) is 2. The fourth-order valence-corrected chi connectivity index (χ4v) is 6.27. The third-order valence-corrected chi connectivity index (χ3v) is 8.91. The Labute approximate surface area is 274 Å². The van der Waals surface area contributed by atoms with Gasteiger partial charge in [0.05, 0.1) is 12.7 Å². The number of rotatable bonds is 9. The summed E-state index contributed by atoms with van der Waals surface area (Å²) >= 11 is 0. The van der Waals surface area contributed by atoms with Gasteiger partial charge in [-0.1, -0.05) is 19.3 Å². The first-order valence-electron chi connectivity index (χ1n) is 16.1. The van der Waals surface area contributed by atoms with Crippen LogP contribution in [-0.4, -0.2) is 73.8 Å². The van der Waals surface area contributed by atoms with Gasteiger partial charge in [-0.2, -0.15) is 0 Å². The van der Waals surface area contributed by atoms with Crippen molar-refractivity contribution < 1.29 is 23.9 Å². The van der Waals surface area contributed by atoms with Gasteiger partial charge in [-0.3, -0.25) is 9.59 Å². The van der Waals surface area contributed by atoms with Crippen LogP contribution >= 0.6 is 0 Å². The van der Waals surface area contributed by atoms with E-state index in [1.54, 1.807) is 61.5 Å². The molecule has 244 valence electrons. The summed E-state index contributed by atoms with van der Waals surface area (Å²) in [6.07, 6.45) is 7.66. The standard InChI is InChI=1S/C37H41N5O5/c1-41(2)18-19-42(3)36(44)24-10-12-25(13-11-24)38-37(45)39-26-14-17-32-30(20-26)35(43)33(47-32)22-29-28-21-27(46-4)15-16-31(28)40-34(29)23-8-6-5-7-9-23/h10-17,20-23,40H,5-9,18-19H2,1-4H3,(H2,38,39,45). The number of aromatic nitrogens is 1. The highest BCUT2D eigenvalue weighted by atomic mass is 16.5. The van der Waals surface area contributed by atoms with E-state index < -0.39 is 6.03 Å². The van der Waals surface area contributed by atoms with Crippen molar-refractivity contribution in [2.75, 3.05) is 52.0 Å². The number of carbonyl (C=O) groups is 3. The molecule has 1 saturated carbocycles. The second kappa shape index (κ2) is 13.7. The molecule has 1 aliphatic heterocycles. The van der Waals surface area contributed by atoms with Crippen LogP contribution in [0.5, 0.6) is 11.5 Å². The fourth-order valence-electron chi connectivity index (χ4n) is 6.27. The monoisotopic (exact) mass is 635 g/mol. The van der Waals surface area contributed by atoms with Gasteiger partial charge in [-0.05, 0) is 99.6 Å².